The van der Waals surface area contributed by atoms with Crippen LogP contribution in [0.15, 0.2) is 84.9 Å². The van der Waals surface area contributed by atoms with E-state index in [4.69, 9.17) is 0 Å². The van der Waals surface area contributed by atoms with Gasteiger partial charge in [0, 0.05) is 5.56 Å². The molecule has 1 unspecified atom stereocenters. The van der Waals surface area contributed by atoms with E-state index in [1.165, 1.54) is 0 Å². The minimum absolute atomic E-state index is 0.134. The number of para-hydroxylation sites is 1. The molecule has 0 saturated carbocycles. The van der Waals surface area contributed by atoms with Crippen molar-refractivity contribution in [1.82, 2.24) is 0 Å². The van der Waals surface area contributed by atoms with Crippen LogP contribution in [-0.4, -0.2) is 10.2 Å². The Morgan fingerprint density at radius 1 is 0.636 bits per heavy atom. The summed E-state index contributed by atoms with van der Waals surface area (Å²) in [6.45, 7) is 0. The molecule has 22 heavy (non-hydrogen) atoms. The summed E-state index contributed by atoms with van der Waals surface area (Å²) in [4.78, 5) is 0. The predicted molar refractivity (Wildman–Crippen MR) is 92.1 cm³/mol. The smallest absolute Gasteiger partial charge is 0.121 e. The Morgan fingerprint density at radius 2 is 1.09 bits per heavy atom. The van der Waals surface area contributed by atoms with Crippen LogP contribution < -0.4 is 10.6 Å². The van der Waals surface area contributed by atoms with Gasteiger partial charge in [-0.15, -0.1) is 0 Å². The molecule has 110 valence electrons. The number of phenols is 1. The van der Waals surface area contributed by atoms with Crippen LogP contribution in [0.3, 0.4) is 0 Å². The molecule has 3 aromatic carbocycles. The summed E-state index contributed by atoms with van der Waals surface area (Å²) in [5.74, 6) is -0.615. The lowest BCUT2D eigenvalue weighted by Crippen LogP contribution is -2.16. The Balaban J connectivity index is 2.08. The maximum absolute atomic E-state index is 10.9. The van der Waals surface area contributed by atoms with Crippen LogP contribution in [-0.2, 0) is 0 Å². The molecule has 0 bridgehead atoms. The third kappa shape index (κ3) is 3.04. The maximum atomic E-state index is 10.9. The molecule has 0 aliphatic rings. The number of hydrogen-bond donors (Lipinski definition) is 2. The third-order valence-corrected chi connectivity index (χ3v) is 6.00. The fraction of sp³-hybridized carbons (Fsp3) is 0.0526. The molecule has 0 amide bonds. The highest BCUT2D eigenvalue weighted by atomic mass is 31.1. The second-order valence-electron chi connectivity index (χ2n) is 4.97. The zero-order chi connectivity index (χ0) is 15.4. The average Bonchev–Trinajstić information content (AvgIpc) is 2.57. The van der Waals surface area contributed by atoms with Crippen molar-refractivity contribution in [3.05, 3.63) is 90.5 Å². The van der Waals surface area contributed by atoms with E-state index in [0.29, 0.717) is 5.56 Å². The summed E-state index contributed by atoms with van der Waals surface area (Å²) in [6.07, 6.45) is 0. The molecule has 1 atom stereocenters. The summed E-state index contributed by atoms with van der Waals surface area (Å²) in [6, 6.07) is 27.0. The molecular formula is C19H17O2P. The van der Waals surface area contributed by atoms with Crippen LogP contribution in [0.2, 0.25) is 0 Å². The van der Waals surface area contributed by atoms with Crippen LogP contribution in [0, 0.1) is 0 Å². The summed E-state index contributed by atoms with van der Waals surface area (Å²) >= 11 is 0. The van der Waals surface area contributed by atoms with Crippen molar-refractivity contribution in [3.63, 3.8) is 0 Å². The fourth-order valence-electron chi connectivity index (χ4n) is 2.45. The lowest BCUT2D eigenvalue weighted by molar-refractivity contribution is 0.260. The van der Waals surface area contributed by atoms with Gasteiger partial charge in [0.25, 0.3) is 0 Å². The first kappa shape index (κ1) is 14.8. The summed E-state index contributed by atoms with van der Waals surface area (Å²) in [5.41, 5.74) is 0.571. The number of rotatable bonds is 4. The molecule has 2 N–H and O–H groups in total. The molecule has 0 radical (unpaired) electrons. The molecule has 0 heterocycles. The second-order valence-corrected chi connectivity index (χ2v) is 7.24. The van der Waals surface area contributed by atoms with Crippen molar-refractivity contribution >= 4 is 18.5 Å². The molecule has 3 rings (SSSR count). The Labute approximate surface area is 131 Å². The topological polar surface area (TPSA) is 40.5 Å². The standard InChI is InChI=1S/C19H17O2P/c20-18-14-8-7-13-17(18)19(21)22(15-9-3-1-4-10-15)16-11-5-2-6-12-16/h1-14,19-21H. The SMILES string of the molecule is Oc1ccccc1C(O)P(c1ccccc1)c1ccccc1. The molecule has 3 aromatic rings. The van der Waals surface area contributed by atoms with Gasteiger partial charge in [-0.3, -0.25) is 0 Å². The van der Waals surface area contributed by atoms with E-state index in [9.17, 15) is 10.2 Å². The van der Waals surface area contributed by atoms with E-state index in [1.54, 1.807) is 18.2 Å². The van der Waals surface area contributed by atoms with Crippen LogP contribution >= 0.6 is 7.92 Å². The summed E-state index contributed by atoms with van der Waals surface area (Å²) < 4.78 is 0. The first-order chi connectivity index (χ1) is 10.8. The van der Waals surface area contributed by atoms with Gasteiger partial charge in [-0.2, -0.15) is 0 Å². The molecule has 0 fully saturated rings. The number of phenolic OH excluding ortho intramolecular Hbond substituents is 1. The number of aliphatic hydroxyl groups is 1. The van der Waals surface area contributed by atoms with Crippen LogP contribution in [0.1, 0.15) is 11.4 Å². The summed E-state index contributed by atoms with van der Waals surface area (Å²) in [7, 11) is -1.01. The van der Waals surface area contributed by atoms with Gasteiger partial charge in [-0.25, -0.2) is 0 Å². The Bertz CT molecular complexity index is 689. The normalized spacial score (nSPS) is 12.3. The molecular weight excluding hydrogens is 291 g/mol. The van der Waals surface area contributed by atoms with Crippen LogP contribution in [0.25, 0.3) is 0 Å². The Morgan fingerprint density at radius 3 is 1.59 bits per heavy atom. The molecule has 0 spiro atoms. The highest BCUT2D eigenvalue weighted by molar-refractivity contribution is 7.73. The monoisotopic (exact) mass is 308 g/mol. The van der Waals surface area contributed by atoms with Gasteiger partial charge >= 0.3 is 0 Å². The fourth-order valence-corrected chi connectivity index (χ4v) is 4.80. The first-order valence-electron chi connectivity index (χ1n) is 7.12. The van der Waals surface area contributed by atoms with E-state index in [2.05, 4.69) is 0 Å². The van der Waals surface area contributed by atoms with Gasteiger partial charge in [0.1, 0.15) is 11.6 Å². The Hall–Kier alpha value is -2.15. The van der Waals surface area contributed by atoms with Crippen molar-refractivity contribution in [1.29, 1.82) is 0 Å². The van der Waals surface area contributed by atoms with Crippen LogP contribution in [0.4, 0.5) is 0 Å². The lowest BCUT2D eigenvalue weighted by atomic mass is 10.2. The Kier molecular flexibility index (Phi) is 4.53. The average molecular weight is 308 g/mol. The molecule has 0 aliphatic carbocycles. The molecule has 2 nitrogen and oxygen atoms in total. The van der Waals surface area contributed by atoms with Crippen molar-refractivity contribution in [2.45, 2.75) is 5.85 Å². The molecule has 3 heteroatoms. The number of aliphatic hydroxyl groups excluding tert-OH is 1. The number of aromatic hydroxyl groups is 1. The zero-order valence-electron chi connectivity index (χ0n) is 12.0. The van der Waals surface area contributed by atoms with Gasteiger partial charge in [0.2, 0.25) is 0 Å². The highest BCUT2D eigenvalue weighted by Gasteiger charge is 2.25. The minimum Gasteiger partial charge on any atom is -0.508 e. The maximum Gasteiger partial charge on any atom is 0.121 e. The molecule has 0 aromatic heterocycles. The van der Waals surface area contributed by atoms with Crippen molar-refractivity contribution in [3.8, 4) is 5.75 Å². The van der Waals surface area contributed by atoms with E-state index < -0.39 is 13.8 Å². The number of benzene rings is 3. The minimum atomic E-state index is -1.01. The largest absolute Gasteiger partial charge is 0.508 e. The van der Waals surface area contributed by atoms with E-state index in [0.717, 1.165) is 10.6 Å². The molecule has 0 aliphatic heterocycles. The van der Waals surface area contributed by atoms with E-state index in [-0.39, 0.29) is 5.75 Å². The third-order valence-electron chi connectivity index (χ3n) is 3.53. The van der Waals surface area contributed by atoms with E-state index in [1.807, 2.05) is 66.7 Å². The molecule has 0 saturated heterocycles. The van der Waals surface area contributed by atoms with Gasteiger partial charge in [-0.05, 0) is 24.6 Å². The van der Waals surface area contributed by atoms with E-state index >= 15 is 0 Å². The quantitative estimate of drug-likeness (QED) is 0.724. The highest BCUT2D eigenvalue weighted by Crippen LogP contribution is 2.49. The van der Waals surface area contributed by atoms with Gasteiger partial charge < -0.3 is 10.2 Å². The van der Waals surface area contributed by atoms with Crippen molar-refractivity contribution < 1.29 is 10.2 Å². The zero-order valence-corrected chi connectivity index (χ0v) is 12.9. The van der Waals surface area contributed by atoms with Gasteiger partial charge in [0.15, 0.2) is 0 Å². The van der Waals surface area contributed by atoms with Crippen molar-refractivity contribution in [2.24, 2.45) is 0 Å². The van der Waals surface area contributed by atoms with Crippen LogP contribution in [0.5, 0.6) is 5.75 Å². The first-order valence-corrected chi connectivity index (χ1v) is 8.54. The number of hydrogen-bond acceptors (Lipinski definition) is 2. The lowest BCUT2D eigenvalue weighted by Gasteiger charge is -2.25. The van der Waals surface area contributed by atoms with Gasteiger partial charge in [0.05, 0.1) is 0 Å². The second kappa shape index (κ2) is 6.74. The van der Waals surface area contributed by atoms with Crippen molar-refractivity contribution in [2.75, 3.05) is 0 Å². The summed E-state index contributed by atoms with van der Waals surface area (Å²) in [5, 5.41) is 23.2. The predicted octanol–water partition coefficient (Wildman–Crippen LogP) is 3.52. The van der Waals surface area contributed by atoms with Gasteiger partial charge in [-0.1, -0.05) is 78.9 Å².